The maximum Gasteiger partial charge on any atom is 0.245 e. The molecule has 0 unspecified atom stereocenters. The SMILES string of the molecule is CN[C@@H](C)C(=O)N[C@@H](CCc1ccccc1)C(=O)N1CCC[C@H]1CN(CCc1ccccc1)C(=O)CN(C)C. The molecule has 0 bridgehead atoms. The van der Waals surface area contributed by atoms with Gasteiger partial charge in [-0.05, 0) is 71.3 Å². The highest BCUT2D eigenvalue weighted by Gasteiger charge is 2.35. The summed E-state index contributed by atoms with van der Waals surface area (Å²) in [6.45, 7) is 3.85. The number of rotatable bonds is 14. The van der Waals surface area contributed by atoms with E-state index in [1.54, 1.807) is 14.0 Å². The van der Waals surface area contributed by atoms with Crippen molar-refractivity contribution in [2.24, 2.45) is 0 Å². The van der Waals surface area contributed by atoms with Crippen LogP contribution in [-0.2, 0) is 27.2 Å². The van der Waals surface area contributed by atoms with E-state index in [-0.39, 0.29) is 23.8 Å². The van der Waals surface area contributed by atoms with Crippen molar-refractivity contribution in [3.63, 3.8) is 0 Å². The summed E-state index contributed by atoms with van der Waals surface area (Å²) in [4.78, 5) is 45.6. The third-order valence-electron chi connectivity index (χ3n) is 7.41. The molecule has 3 rings (SSSR count). The lowest BCUT2D eigenvalue weighted by Gasteiger charge is -2.34. The molecule has 1 saturated heterocycles. The molecule has 3 amide bonds. The Bertz CT molecular complexity index is 1050. The largest absolute Gasteiger partial charge is 0.343 e. The molecular weight excluding hydrogens is 490 g/mol. The fourth-order valence-corrected chi connectivity index (χ4v) is 5.01. The zero-order valence-electron chi connectivity index (χ0n) is 23.9. The van der Waals surface area contributed by atoms with E-state index >= 15 is 0 Å². The predicted molar refractivity (Wildman–Crippen MR) is 155 cm³/mol. The van der Waals surface area contributed by atoms with Gasteiger partial charge in [0, 0.05) is 25.7 Å². The number of nitrogens with one attached hydrogen (secondary N) is 2. The van der Waals surface area contributed by atoms with Gasteiger partial charge in [0.05, 0.1) is 12.6 Å². The van der Waals surface area contributed by atoms with E-state index in [1.165, 1.54) is 5.56 Å². The molecule has 2 aromatic carbocycles. The molecule has 0 aliphatic carbocycles. The van der Waals surface area contributed by atoms with E-state index in [1.807, 2.05) is 77.3 Å². The number of aryl methyl sites for hydroxylation is 1. The Morgan fingerprint density at radius 1 is 0.974 bits per heavy atom. The van der Waals surface area contributed by atoms with Crippen LogP contribution in [0.5, 0.6) is 0 Å². The van der Waals surface area contributed by atoms with Crippen molar-refractivity contribution in [2.75, 3.05) is 47.3 Å². The first kappa shape index (κ1) is 30.3. The normalized spacial score (nSPS) is 16.6. The smallest absolute Gasteiger partial charge is 0.245 e. The number of likely N-dealkylation sites (tertiary alicyclic amines) is 1. The summed E-state index contributed by atoms with van der Waals surface area (Å²) in [6, 6.07) is 19.1. The lowest BCUT2D eigenvalue weighted by molar-refractivity contribution is -0.139. The average Bonchev–Trinajstić information content (AvgIpc) is 3.41. The average molecular weight is 536 g/mol. The second-order valence-electron chi connectivity index (χ2n) is 10.7. The van der Waals surface area contributed by atoms with Crippen LogP contribution in [0.1, 0.15) is 37.3 Å². The van der Waals surface area contributed by atoms with Crippen molar-refractivity contribution in [3.8, 4) is 0 Å². The molecule has 1 heterocycles. The molecule has 1 aliphatic heterocycles. The summed E-state index contributed by atoms with van der Waals surface area (Å²) in [5.74, 6) is -0.189. The number of hydrogen-bond acceptors (Lipinski definition) is 5. The molecule has 8 nitrogen and oxygen atoms in total. The molecule has 8 heteroatoms. The quantitative estimate of drug-likeness (QED) is 0.388. The van der Waals surface area contributed by atoms with E-state index in [9.17, 15) is 14.4 Å². The Labute approximate surface area is 233 Å². The Morgan fingerprint density at radius 3 is 2.18 bits per heavy atom. The molecule has 3 atom stereocenters. The molecule has 2 N–H and O–H groups in total. The van der Waals surface area contributed by atoms with Crippen LogP contribution < -0.4 is 10.6 Å². The summed E-state index contributed by atoms with van der Waals surface area (Å²) in [7, 11) is 5.52. The molecule has 0 aromatic heterocycles. The van der Waals surface area contributed by atoms with Gasteiger partial charge >= 0.3 is 0 Å². The minimum Gasteiger partial charge on any atom is -0.343 e. The Balaban J connectivity index is 1.73. The predicted octanol–water partition coefficient (Wildman–Crippen LogP) is 2.34. The first-order valence-electron chi connectivity index (χ1n) is 14.1. The van der Waals surface area contributed by atoms with Crippen LogP contribution in [-0.4, -0.2) is 97.9 Å². The maximum absolute atomic E-state index is 13.9. The van der Waals surface area contributed by atoms with Gasteiger partial charge in [-0.25, -0.2) is 0 Å². The Morgan fingerprint density at radius 2 is 1.59 bits per heavy atom. The number of carbonyl (C=O) groups is 3. The summed E-state index contributed by atoms with van der Waals surface area (Å²) < 4.78 is 0. The van der Waals surface area contributed by atoms with Gasteiger partial charge < -0.3 is 25.3 Å². The van der Waals surface area contributed by atoms with E-state index in [0.29, 0.717) is 39.0 Å². The molecule has 1 fully saturated rings. The van der Waals surface area contributed by atoms with Crippen molar-refractivity contribution in [2.45, 2.75) is 57.2 Å². The van der Waals surface area contributed by atoms with Gasteiger partial charge in [0.25, 0.3) is 0 Å². The zero-order valence-corrected chi connectivity index (χ0v) is 23.9. The van der Waals surface area contributed by atoms with Crippen LogP contribution >= 0.6 is 0 Å². The molecule has 212 valence electrons. The summed E-state index contributed by atoms with van der Waals surface area (Å²) >= 11 is 0. The second kappa shape index (κ2) is 15.4. The molecule has 2 aromatic rings. The highest BCUT2D eigenvalue weighted by atomic mass is 16.2. The van der Waals surface area contributed by atoms with E-state index in [0.717, 1.165) is 24.8 Å². The van der Waals surface area contributed by atoms with Gasteiger partial charge in [0.2, 0.25) is 17.7 Å². The van der Waals surface area contributed by atoms with Crippen LogP contribution in [0.4, 0.5) is 0 Å². The topological polar surface area (TPSA) is 85.0 Å². The highest BCUT2D eigenvalue weighted by molar-refractivity contribution is 5.90. The van der Waals surface area contributed by atoms with E-state index in [2.05, 4.69) is 22.8 Å². The maximum atomic E-state index is 13.9. The Kier molecular flexibility index (Phi) is 12.0. The van der Waals surface area contributed by atoms with Crippen molar-refractivity contribution >= 4 is 17.7 Å². The number of amides is 3. The number of carbonyl (C=O) groups excluding carboxylic acids is 3. The van der Waals surface area contributed by atoms with Crippen molar-refractivity contribution in [1.29, 1.82) is 0 Å². The highest BCUT2D eigenvalue weighted by Crippen LogP contribution is 2.21. The fourth-order valence-electron chi connectivity index (χ4n) is 5.01. The first-order valence-corrected chi connectivity index (χ1v) is 14.1. The molecule has 0 saturated carbocycles. The van der Waals surface area contributed by atoms with Gasteiger partial charge in [-0.3, -0.25) is 14.4 Å². The van der Waals surface area contributed by atoms with Crippen LogP contribution in [0.3, 0.4) is 0 Å². The Hall–Kier alpha value is -3.23. The van der Waals surface area contributed by atoms with Crippen LogP contribution in [0.25, 0.3) is 0 Å². The monoisotopic (exact) mass is 535 g/mol. The van der Waals surface area contributed by atoms with E-state index < -0.39 is 12.1 Å². The van der Waals surface area contributed by atoms with Gasteiger partial charge in [-0.15, -0.1) is 0 Å². The minimum atomic E-state index is -0.621. The number of likely N-dealkylation sites (N-methyl/N-ethyl adjacent to an activating group) is 2. The van der Waals surface area contributed by atoms with Gasteiger partial charge in [0.1, 0.15) is 6.04 Å². The number of hydrogen-bond donors (Lipinski definition) is 2. The number of benzene rings is 2. The number of nitrogens with zero attached hydrogens (tertiary/aromatic N) is 3. The van der Waals surface area contributed by atoms with Crippen LogP contribution in [0.2, 0.25) is 0 Å². The summed E-state index contributed by atoms with van der Waals surface area (Å²) in [5.41, 5.74) is 2.31. The standard InChI is InChI=1S/C31H45N5O3/c1-24(32-2)30(38)33-28(18-17-25-12-7-5-8-13-25)31(39)36-20-11-16-27(36)22-35(29(37)23-34(3)4)21-19-26-14-9-6-10-15-26/h5-10,12-15,24,27-28,32H,11,16-23H2,1-4H3,(H,33,38)/t24-,27-,28-/m0/s1. The molecule has 0 radical (unpaired) electrons. The molecule has 39 heavy (non-hydrogen) atoms. The van der Waals surface area contributed by atoms with Crippen molar-refractivity contribution in [3.05, 3.63) is 71.8 Å². The molecule has 1 aliphatic rings. The van der Waals surface area contributed by atoms with E-state index in [4.69, 9.17) is 0 Å². The first-order chi connectivity index (χ1) is 18.8. The summed E-state index contributed by atoms with van der Waals surface area (Å²) in [6.07, 6.45) is 3.70. The van der Waals surface area contributed by atoms with Crippen LogP contribution in [0, 0.1) is 0 Å². The lowest BCUT2D eigenvalue weighted by Crippen LogP contribution is -2.55. The molecule has 0 spiro atoms. The van der Waals surface area contributed by atoms with Gasteiger partial charge in [-0.1, -0.05) is 60.7 Å². The fraction of sp³-hybridized carbons (Fsp3) is 0.516. The third-order valence-corrected chi connectivity index (χ3v) is 7.41. The van der Waals surface area contributed by atoms with Crippen molar-refractivity contribution < 1.29 is 14.4 Å². The van der Waals surface area contributed by atoms with Crippen molar-refractivity contribution in [1.82, 2.24) is 25.3 Å². The summed E-state index contributed by atoms with van der Waals surface area (Å²) in [5, 5.41) is 5.96. The third kappa shape index (κ3) is 9.48. The zero-order chi connectivity index (χ0) is 28.2. The lowest BCUT2D eigenvalue weighted by atomic mass is 10.0. The van der Waals surface area contributed by atoms with Crippen LogP contribution in [0.15, 0.2) is 60.7 Å². The van der Waals surface area contributed by atoms with Gasteiger partial charge in [0.15, 0.2) is 0 Å². The minimum absolute atomic E-state index is 0.0619. The van der Waals surface area contributed by atoms with Gasteiger partial charge in [-0.2, -0.15) is 0 Å². The molecular formula is C31H45N5O3. The second-order valence-corrected chi connectivity index (χ2v) is 10.7.